The third kappa shape index (κ3) is 1.83. The van der Waals surface area contributed by atoms with Crippen molar-refractivity contribution < 1.29 is 9.53 Å². The fourth-order valence-corrected chi connectivity index (χ4v) is 1.92. The Labute approximate surface area is 94.7 Å². The number of nitrogens with one attached hydrogen (secondary N) is 2. The maximum absolute atomic E-state index is 11.0. The van der Waals surface area contributed by atoms with Gasteiger partial charge in [-0.1, -0.05) is 6.07 Å². The molecule has 0 saturated heterocycles. The highest BCUT2D eigenvalue weighted by Gasteiger charge is 2.08. The number of amides is 1. The molecular weight excluding hydrogens is 260 g/mol. The summed E-state index contributed by atoms with van der Waals surface area (Å²) in [7, 11) is 1.33. The summed E-state index contributed by atoms with van der Waals surface area (Å²) in [6, 6.07) is 5.70. The molecule has 2 N–H and O–H groups in total. The minimum atomic E-state index is -0.485. The molecule has 15 heavy (non-hydrogen) atoms. The first-order valence-electron chi connectivity index (χ1n) is 4.33. The Bertz CT molecular complexity index is 507. The summed E-state index contributed by atoms with van der Waals surface area (Å²) in [4.78, 5) is 14.1. The van der Waals surface area contributed by atoms with Crippen molar-refractivity contribution in [1.82, 2.24) is 4.98 Å². The van der Waals surface area contributed by atoms with E-state index in [2.05, 4.69) is 31.0 Å². The Morgan fingerprint density at radius 1 is 1.47 bits per heavy atom. The Balaban J connectivity index is 2.43. The quantitative estimate of drug-likeness (QED) is 0.835. The maximum Gasteiger partial charge on any atom is 0.411 e. The van der Waals surface area contributed by atoms with Crippen molar-refractivity contribution >= 4 is 38.6 Å². The van der Waals surface area contributed by atoms with E-state index >= 15 is 0 Å². The third-order valence-electron chi connectivity index (χ3n) is 2.09. The molecule has 78 valence electrons. The van der Waals surface area contributed by atoms with Crippen molar-refractivity contribution in [3.63, 3.8) is 0 Å². The number of methoxy groups -OCH3 is 1. The number of carbonyl (C=O) groups is 1. The van der Waals surface area contributed by atoms with E-state index in [1.807, 2.05) is 24.4 Å². The van der Waals surface area contributed by atoms with Gasteiger partial charge in [0.15, 0.2) is 0 Å². The van der Waals surface area contributed by atoms with Crippen molar-refractivity contribution in [2.24, 2.45) is 0 Å². The van der Waals surface area contributed by atoms with Gasteiger partial charge in [0.2, 0.25) is 0 Å². The highest BCUT2D eigenvalue weighted by Crippen LogP contribution is 2.30. The summed E-state index contributed by atoms with van der Waals surface area (Å²) in [5, 5.41) is 3.69. The lowest BCUT2D eigenvalue weighted by atomic mass is 10.2. The lowest BCUT2D eigenvalue weighted by Gasteiger charge is -2.06. The highest BCUT2D eigenvalue weighted by molar-refractivity contribution is 9.10. The van der Waals surface area contributed by atoms with Gasteiger partial charge >= 0.3 is 6.09 Å². The molecule has 1 aromatic heterocycles. The van der Waals surface area contributed by atoms with Crippen LogP contribution in [0.3, 0.4) is 0 Å². The van der Waals surface area contributed by atoms with Crippen LogP contribution in [0.1, 0.15) is 0 Å². The maximum atomic E-state index is 11.0. The number of anilines is 1. The second-order valence-electron chi connectivity index (χ2n) is 2.99. The minimum Gasteiger partial charge on any atom is -0.453 e. The van der Waals surface area contributed by atoms with Crippen LogP contribution in [0.4, 0.5) is 10.5 Å². The van der Waals surface area contributed by atoms with Gasteiger partial charge in [-0.3, -0.25) is 5.32 Å². The number of benzene rings is 1. The van der Waals surface area contributed by atoms with Crippen molar-refractivity contribution in [2.75, 3.05) is 12.4 Å². The number of aromatic nitrogens is 1. The molecule has 0 atom stereocenters. The first kappa shape index (κ1) is 10.0. The summed E-state index contributed by atoms with van der Waals surface area (Å²) in [5.74, 6) is 0. The highest BCUT2D eigenvalue weighted by atomic mass is 79.9. The molecule has 4 nitrogen and oxygen atoms in total. The van der Waals surface area contributed by atoms with E-state index in [0.717, 1.165) is 15.4 Å². The molecule has 1 heterocycles. The van der Waals surface area contributed by atoms with Gasteiger partial charge in [0.1, 0.15) is 0 Å². The molecule has 0 spiro atoms. The van der Waals surface area contributed by atoms with E-state index in [-0.39, 0.29) is 0 Å². The van der Waals surface area contributed by atoms with Crippen LogP contribution in [0.5, 0.6) is 0 Å². The predicted octanol–water partition coefficient (Wildman–Crippen LogP) is 3.11. The van der Waals surface area contributed by atoms with E-state index in [0.29, 0.717) is 5.69 Å². The van der Waals surface area contributed by atoms with Crippen LogP contribution < -0.4 is 5.32 Å². The van der Waals surface area contributed by atoms with E-state index < -0.39 is 6.09 Å². The second-order valence-corrected chi connectivity index (χ2v) is 3.78. The van der Waals surface area contributed by atoms with Crippen LogP contribution in [-0.4, -0.2) is 18.2 Å². The lowest BCUT2D eigenvalue weighted by molar-refractivity contribution is 0.187. The molecule has 0 bridgehead atoms. The number of carbonyl (C=O) groups excluding carboxylic acids is 1. The molecule has 1 amide bonds. The van der Waals surface area contributed by atoms with E-state index in [1.165, 1.54) is 7.11 Å². The molecule has 2 aromatic rings. The predicted molar refractivity (Wildman–Crippen MR) is 62.0 cm³/mol. The fourth-order valence-electron chi connectivity index (χ4n) is 1.35. The monoisotopic (exact) mass is 268 g/mol. The molecule has 0 fully saturated rings. The molecule has 5 heteroatoms. The van der Waals surface area contributed by atoms with Gasteiger partial charge in [-0.2, -0.15) is 0 Å². The number of rotatable bonds is 1. The van der Waals surface area contributed by atoms with Gasteiger partial charge in [0.05, 0.1) is 22.8 Å². The molecule has 0 unspecified atom stereocenters. The van der Waals surface area contributed by atoms with Crippen molar-refractivity contribution in [2.45, 2.75) is 0 Å². The smallest absolute Gasteiger partial charge is 0.411 e. The fraction of sp³-hybridized carbons (Fsp3) is 0.100. The Morgan fingerprint density at radius 2 is 2.27 bits per heavy atom. The first-order chi connectivity index (χ1) is 7.22. The zero-order valence-electron chi connectivity index (χ0n) is 8.00. The Hall–Kier alpha value is -1.49. The van der Waals surface area contributed by atoms with E-state index in [4.69, 9.17) is 0 Å². The number of fused-ring (bicyclic) bond motifs is 1. The van der Waals surface area contributed by atoms with Gasteiger partial charge in [0, 0.05) is 11.6 Å². The average molecular weight is 269 g/mol. The van der Waals surface area contributed by atoms with Crippen LogP contribution in [0.15, 0.2) is 28.9 Å². The van der Waals surface area contributed by atoms with Crippen LogP contribution in [-0.2, 0) is 4.74 Å². The summed E-state index contributed by atoms with van der Waals surface area (Å²) in [5.41, 5.74) is 1.63. The van der Waals surface area contributed by atoms with E-state index in [1.54, 1.807) is 0 Å². The van der Waals surface area contributed by atoms with Gasteiger partial charge in [-0.25, -0.2) is 4.79 Å². The molecule has 1 aromatic carbocycles. The normalized spacial score (nSPS) is 10.3. The van der Waals surface area contributed by atoms with Gasteiger partial charge in [-0.05, 0) is 28.1 Å². The van der Waals surface area contributed by atoms with Crippen LogP contribution in [0.2, 0.25) is 0 Å². The van der Waals surface area contributed by atoms with Crippen LogP contribution in [0.25, 0.3) is 10.9 Å². The summed E-state index contributed by atoms with van der Waals surface area (Å²) in [6.07, 6.45) is 1.36. The topological polar surface area (TPSA) is 54.1 Å². The number of ether oxygens (including phenoxy) is 1. The molecule has 0 aliphatic heterocycles. The number of H-pyrrole nitrogens is 1. The van der Waals surface area contributed by atoms with Gasteiger partial charge < -0.3 is 9.72 Å². The van der Waals surface area contributed by atoms with Gasteiger partial charge in [0.25, 0.3) is 0 Å². The largest absolute Gasteiger partial charge is 0.453 e. The number of aromatic amines is 1. The van der Waals surface area contributed by atoms with Crippen molar-refractivity contribution in [3.05, 3.63) is 28.9 Å². The average Bonchev–Trinajstić information content (AvgIpc) is 2.70. The molecule has 0 aliphatic carbocycles. The molecule has 2 rings (SSSR count). The summed E-state index contributed by atoms with van der Waals surface area (Å²) < 4.78 is 5.34. The minimum absolute atomic E-state index is 0.485. The second kappa shape index (κ2) is 3.94. The van der Waals surface area contributed by atoms with E-state index in [9.17, 15) is 4.79 Å². The lowest BCUT2D eigenvalue weighted by Crippen LogP contribution is -2.11. The summed E-state index contributed by atoms with van der Waals surface area (Å²) >= 11 is 3.42. The molecule has 0 radical (unpaired) electrons. The number of hydrogen-bond acceptors (Lipinski definition) is 2. The first-order valence-corrected chi connectivity index (χ1v) is 5.12. The molecule has 0 aliphatic rings. The van der Waals surface area contributed by atoms with Gasteiger partial charge in [-0.15, -0.1) is 0 Å². The van der Waals surface area contributed by atoms with Crippen LogP contribution in [0, 0.1) is 0 Å². The molecule has 0 saturated carbocycles. The zero-order valence-corrected chi connectivity index (χ0v) is 9.59. The van der Waals surface area contributed by atoms with Crippen molar-refractivity contribution in [1.29, 1.82) is 0 Å². The summed E-state index contributed by atoms with van der Waals surface area (Å²) in [6.45, 7) is 0. The van der Waals surface area contributed by atoms with Crippen LogP contribution >= 0.6 is 15.9 Å². The standard InChI is InChI=1S/C10H9BrN2O2/c1-15-10(14)13-7-3-2-6-4-5-12-9(6)8(7)11/h2-5,12H,1H3,(H,13,14). The Kier molecular flexibility index (Phi) is 2.64. The molecular formula is C10H9BrN2O2. The Morgan fingerprint density at radius 3 is 3.00 bits per heavy atom. The third-order valence-corrected chi connectivity index (χ3v) is 2.91. The number of hydrogen-bond donors (Lipinski definition) is 2. The SMILES string of the molecule is COC(=O)Nc1ccc2cc[nH]c2c1Br. The zero-order chi connectivity index (χ0) is 10.8. The number of halogens is 1. The van der Waals surface area contributed by atoms with Crippen molar-refractivity contribution in [3.8, 4) is 0 Å².